The van der Waals surface area contributed by atoms with E-state index in [0.717, 1.165) is 22.5 Å². The largest absolute Gasteiger partial charge is 0.393 e. The highest BCUT2D eigenvalue weighted by Crippen LogP contribution is 2.34. The third-order valence-corrected chi connectivity index (χ3v) is 5.42. The molecule has 4 rings (SSSR count). The van der Waals surface area contributed by atoms with Gasteiger partial charge in [-0.2, -0.15) is 0 Å². The Balaban J connectivity index is 1.77. The predicted octanol–water partition coefficient (Wildman–Crippen LogP) is 3.27. The molecule has 1 amide bonds. The van der Waals surface area contributed by atoms with E-state index in [1.807, 2.05) is 41.3 Å². The van der Waals surface area contributed by atoms with Crippen LogP contribution in [-0.2, 0) is 11.3 Å². The van der Waals surface area contributed by atoms with Gasteiger partial charge >= 0.3 is 0 Å². The van der Waals surface area contributed by atoms with Crippen molar-refractivity contribution in [2.75, 3.05) is 24.6 Å². The molecule has 1 unspecified atom stereocenters. The molecule has 30 heavy (non-hydrogen) atoms. The summed E-state index contributed by atoms with van der Waals surface area (Å²) in [6.45, 7) is 3.11. The maximum atomic E-state index is 12.2. The summed E-state index contributed by atoms with van der Waals surface area (Å²) in [5.41, 5.74) is 5.25. The summed E-state index contributed by atoms with van der Waals surface area (Å²) in [7, 11) is 0. The number of fused-ring (bicyclic) bond motifs is 1. The number of aromatic nitrogens is 1. The van der Waals surface area contributed by atoms with Crippen LogP contribution in [0.2, 0.25) is 0 Å². The van der Waals surface area contributed by atoms with E-state index in [1.165, 1.54) is 0 Å². The Labute approximate surface area is 176 Å². The van der Waals surface area contributed by atoms with Crippen molar-refractivity contribution in [2.24, 2.45) is 0 Å². The fourth-order valence-corrected chi connectivity index (χ4v) is 3.80. The number of anilines is 2. The van der Waals surface area contributed by atoms with E-state index in [2.05, 4.69) is 34.1 Å². The maximum Gasteiger partial charge on any atom is 0.219 e. The third kappa shape index (κ3) is 4.06. The molecule has 6 nitrogen and oxygen atoms in total. The average molecular weight is 403 g/mol. The van der Waals surface area contributed by atoms with Gasteiger partial charge in [-0.3, -0.25) is 4.79 Å². The lowest BCUT2D eigenvalue weighted by Crippen LogP contribution is -2.32. The van der Waals surface area contributed by atoms with E-state index in [-0.39, 0.29) is 12.5 Å². The highest BCUT2D eigenvalue weighted by Gasteiger charge is 2.23. The van der Waals surface area contributed by atoms with Gasteiger partial charge in [-0.1, -0.05) is 30.3 Å². The summed E-state index contributed by atoms with van der Waals surface area (Å²) in [5.74, 6) is 0.0486. The van der Waals surface area contributed by atoms with E-state index in [1.54, 1.807) is 13.0 Å². The van der Waals surface area contributed by atoms with E-state index in [0.29, 0.717) is 31.0 Å². The zero-order valence-corrected chi connectivity index (χ0v) is 16.9. The van der Waals surface area contributed by atoms with E-state index in [9.17, 15) is 15.0 Å². The van der Waals surface area contributed by atoms with Gasteiger partial charge in [-0.25, -0.2) is 4.98 Å². The summed E-state index contributed by atoms with van der Waals surface area (Å²) in [4.78, 5) is 20.8. The molecule has 1 aliphatic rings. The van der Waals surface area contributed by atoms with E-state index >= 15 is 0 Å². The Hall–Kier alpha value is -3.22. The van der Waals surface area contributed by atoms with Gasteiger partial charge in [0.05, 0.1) is 18.0 Å². The van der Waals surface area contributed by atoms with Gasteiger partial charge in [-0.05, 0) is 42.0 Å². The lowest BCUT2D eigenvalue weighted by atomic mass is 10.0. The predicted molar refractivity (Wildman–Crippen MR) is 116 cm³/mol. The van der Waals surface area contributed by atoms with Crippen molar-refractivity contribution in [3.8, 4) is 11.3 Å². The van der Waals surface area contributed by atoms with Crippen LogP contribution in [0.15, 0.2) is 66.7 Å². The molecule has 1 aliphatic heterocycles. The topological polar surface area (TPSA) is 76.9 Å². The van der Waals surface area contributed by atoms with Crippen LogP contribution in [0.25, 0.3) is 11.3 Å². The summed E-state index contributed by atoms with van der Waals surface area (Å²) < 4.78 is 0. The molecule has 154 valence electrons. The number of aliphatic hydroxyl groups excluding tert-OH is 2. The number of hydrogen-bond donors (Lipinski definition) is 2. The Kier molecular flexibility index (Phi) is 5.79. The monoisotopic (exact) mass is 403 g/mol. The molecule has 0 saturated heterocycles. The number of aliphatic hydroxyl groups is 2. The molecule has 0 spiro atoms. The zero-order chi connectivity index (χ0) is 21.1. The number of carbonyl (C=O) groups is 1. The highest BCUT2D eigenvalue weighted by atomic mass is 16.3. The average Bonchev–Trinajstić information content (AvgIpc) is 2.98. The van der Waals surface area contributed by atoms with Crippen LogP contribution in [-0.4, -0.2) is 45.7 Å². The maximum absolute atomic E-state index is 12.2. The second kappa shape index (κ2) is 8.65. The second-order valence-corrected chi connectivity index (χ2v) is 7.42. The number of hydrogen-bond acceptors (Lipinski definition) is 5. The molecule has 1 atom stereocenters. The first kappa shape index (κ1) is 20.1. The lowest BCUT2D eigenvalue weighted by molar-refractivity contribution is -0.129. The smallest absolute Gasteiger partial charge is 0.219 e. The second-order valence-electron chi connectivity index (χ2n) is 7.42. The fourth-order valence-electron chi connectivity index (χ4n) is 3.80. The SMILES string of the molecule is CC(=O)N1CCN(c2ccccc2)c2ccc(-c3cccc(C(O)CO)n3)cc2C1. The summed E-state index contributed by atoms with van der Waals surface area (Å²) in [5, 5.41) is 19.1. The van der Waals surface area contributed by atoms with Crippen molar-refractivity contribution in [3.05, 3.63) is 78.0 Å². The van der Waals surface area contributed by atoms with Gasteiger partial charge in [0, 0.05) is 43.5 Å². The minimum Gasteiger partial charge on any atom is -0.393 e. The molecular weight excluding hydrogens is 378 g/mol. The third-order valence-electron chi connectivity index (χ3n) is 5.42. The Morgan fingerprint density at radius 3 is 2.60 bits per heavy atom. The molecule has 0 aliphatic carbocycles. The van der Waals surface area contributed by atoms with Crippen molar-refractivity contribution >= 4 is 17.3 Å². The van der Waals surface area contributed by atoms with Crippen molar-refractivity contribution < 1.29 is 15.0 Å². The van der Waals surface area contributed by atoms with Gasteiger partial charge in [0.25, 0.3) is 0 Å². The Bertz CT molecular complexity index is 1040. The van der Waals surface area contributed by atoms with Crippen LogP contribution in [0.3, 0.4) is 0 Å². The first-order valence-electron chi connectivity index (χ1n) is 10.0. The molecule has 0 fully saturated rings. The number of benzene rings is 2. The van der Waals surface area contributed by atoms with Gasteiger partial charge in [-0.15, -0.1) is 0 Å². The highest BCUT2D eigenvalue weighted by molar-refractivity contribution is 5.76. The molecular formula is C24H25N3O3. The standard InChI is InChI=1S/C24H25N3O3/c1-17(29)26-12-13-27(20-6-3-2-4-7-20)23-11-10-18(14-19(23)15-26)21-8-5-9-22(25-21)24(30)16-28/h2-11,14,24,28,30H,12-13,15-16H2,1H3. The lowest BCUT2D eigenvalue weighted by Gasteiger charge is -2.25. The van der Waals surface area contributed by atoms with Gasteiger partial charge in [0.2, 0.25) is 5.91 Å². The van der Waals surface area contributed by atoms with Gasteiger partial charge in [0.1, 0.15) is 6.10 Å². The van der Waals surface area contributed by atoms with Gasteiger partial charge in [0.15, 0.2) is 0 Å². The first-order valence-corrected chi connectivity index (χ1v) is 10.0. The zero-order valence-electron chi connectivity index (χ0n) is 16.9. The van der Waals surface area contributed by atoms with E-state index in [4.69, 9.17) is 0 Å². The fraction of sp³-hybridized carbons (Fsp3) is 0.250. The van der Waals surface area contributed by atoms with Crippen LogP contribution in [0, 0.1) is 0 Å². The number of rotatable bonds is 4. The Morgan fingerprint density at radius 2 is 1.87 bits per heavy atom. The molecule has 2 heterocycles. The summed E-state index contributed by atoms with van der Waals surface area (Å²) >= 11 is 0. The van der Waals surface area contributed by atoms with Crippen molar-refractivity contribution in [1.82, 2.24) is 9.88 Å². The molecule has 6 heteroatoms. The van der Waals surface area contributed by atoms with Crippen molar-refractivity contribution in [3.63, 3.8) is 0 Å². The minimum absolute atomic E-state index is 0.0486. The number of carbonyl (C=O) groups excluding carboxylic acids is 1. The summed E-state index contributed by atoms with van der Waals surface area (Å²) in [6, 6.07) is 21.7. The van der Waals surface area contributed by atoms with Crippen LogP contribution >= 0.6 is 0 Å². The van der Waals surface area contributed by atoms with Crippen LogP contribution < -0.4 is 4.90 Å². The normalized spacial score (nSPS) is 14.8. The molecule has 0 radical (unpaired) electrons. The first-order chi connectivity index (χ1) is 14.6. The molecule has 1 aromatic heterocycles. The molecule has 3 aromatic rings. The van der Waals surface area contributed by atoms with Crippen LogP contribution in [0.4, 0.5) is 11.4 Å². The summed E-state index contributed by atoms with van der Waals surface area (Å²) in [6.07, 6.45) is -1.01. The van der Waals surface area contributed by atoms with Crippen molar-refractivity contribution in [1.29, 1.82) is 0 Å². The molecule has 0 bridgehead atoms. The minimum atomic E-state index is -1.01. The van der Waals surface area contributed by atoms with Crippen LogP contribution in [0.1, 0.15) is 24.3 Å². The Morgan fingerprint density at radius 1 is 1.07 bits per heavy atom. The number of pyridine rings is 1. The van der Waals surface area contributed by atoms with Crippen LogP contribution in [0.5, 0.6) is 0 Å². The molecule has 0 saturated carbocycles. The number of para-hydroxylation sites is 1. The molecule has 2 N–H and O–H groups in total. The number of nitrogens with zero attached hydrogens (tertiary/aromatic N) is 3. The molecule has 2 aromatic carbocycles. The van der Waals surface area contributed by atoms with Crippen molar-refractivity contribution in [2.45, 2.75) is 19.6 Å². The number of amides is 1. The van der Waals surface area contributed by atoms with E-state index < -0.39 is 6.10 Å². The quantitative estimate of drug-likeness (QED) is 0.699. The van der Waals surface area contributed by atoms with Gasteiger partial charge < -0.3 is 20.0 Å².